The van der Waals surface area contributed by atoms with Gasteiger partial charge < -0.3 is 5.11 Å². The summed E-state index contributed by atoms with van der Waals surface area (Å²) in [4.78, 5) is 0. The van der Waals surface area contributed by atoms with E-state index in [1.807, 2.05) is 0 Å². The van der Waals surface area contributed by atoms with E-state index in [4.69, 9.17) is 5.11 Å². The molecule has 0 heterocycles. The van der Waals surface area contributed by atoms with Crippen LogP contribution < -0.4 is 0 Å². The van der Waals surface area contributed by atoms with Crippen LogP contribution in [0.4, 0.5) is 4.39 Å². The van der Waals surface area contributed by atoms with Crippen molar-refractivity contribution in [3.8, 4) is 0 Å². The van der Waals surface area contributed by atoms with Crippen LogP contribution in [0.3, 0.4) is 0 Å². The molecule has 0 saturated carbocycles. The van der Waals surface area contributed by atoms with Crippen LogP contribution in [0.2, 0.25) is 0 Å². The Kier molecular flexibility index (Phi) is 1.80. The maximum Gasteiger partial charge on any atom is 0.129 e. The Morgan fingerprint density at radius 3 is 2.44 bits per heavy atom. The Morgan fingerprint density at radius 2 is 2.00 bits per heavy atom. The molecule has 0 unspecified atom stereocenters. The van der Waals surface area contributed by atoms with Crippen molar-refractivity contribution >= 4 is 0 Å². The molecule has 2 heteroatoms. The molecule has 0 saturated heterocycles. The van der Waals surface area contributed by atoms with E-state index in [-0.39, 0.29) is 5.56 Å². The summed E-state index contributed by atoms with van der Waals surface area (Å²) in [6.07, 6.45) is 0. The lowest BCUT2D eigenvalue weighted by Crippen LogP contribution is -1.84. The third kappa shape index (κ3) is 1.27. The highest BCUT2D eigenvalue weighted by Gasteiger charge is 1.95. The number of hydrogen-bond donors (Lipinski definition) is 1. The van der Waals surface area contributed by atoms with Gasteiger partial charge in [0.2, 0.25) is 0 Å². The van der Waals surface area contributed by atoms with Crippen molar-refractivity contribution in [2.45, 2.75) is 0 Å². The van der Waals surface area contributed by atoms with E-state index in [0.29, 0.717) is 0 Å². The van der Waals surface area contributed by atoms with Crippen LogP contribution in [0.5, 0.6) is 0 Å². The second kappa shape index (κ2) is 2.60. The fourth-order valence-corrected chi connectivity index (χ4v) is 0.580. The molecule has 0 aliphatic rings. The first kappa shape index (κ1) is 6.23. The first-order valence-corrected chi connectivity index (χ1v) is 2.56. The van der Waals surface area contributed by atoms with Crippen molar-refractivity contribution in [3.05, 3.63) is 42.3 Å². The molecule has 0 atom stereocenters. The van der Waals surface area contributed by atoms with Gasteiger partial charge in [-0.2, -0.15) is 0 Å². The van der Waals surface area contributed by atoms with Crippen LogP contribution in [-0.4, -0.2) is 5.11 Å². The summed E-state index contributed by atoms with van der Waals surface area (Å²) >= 11 is 0. The van der Waals surface area contributed by atoms with Gasteiger partial charge in [0.25, 0.3) is 0 Å². The minimum absolute atomic E-state index is 0.220. The summed E-state index contributed by atoms with van der Waals surface area (Å²) in [5.41, 5.74) is 0.220. The molecular weight excluding hydrogens is 119 g/mol. The highest BCUT2D eigenvalue weighted by atomic mass is 19.1. The van der Waals surface area contributed by atoms with E-state index in [1.165, 1.54) is 12.1 Å². The first-order chi connectivity index (χ1) is 4.34. The quantitative estimate of drug-likeness (QED) is 0.605. The largest absolute Gasteiger partial charge is 0.385 e. The summed E-state index contributed by atoms with van der Waals surface area (Å²) in [6.45, 7) is 0.745. The first-order valence-electron chi connectivity index (χ1n) is 2.56. The Morgan fingerprint density at radius 1 is 1.33 bits per heavy atom. The molecule has 0 spiro atoms. The number of benzene rings is 1. The molecule has 0 aliphatic heterocycles. The molecule has 1 rings (SSSR count). The molecule has 1 N–H and O–H groups in total. The highest BCUT2D eigenvalue weighted by molar-refractivity contribution is 5.21. The standard InChI is InChI=1S/C7H6FO/c8-7-4-2-1-3-6(7)5-9/h1-5,9H. The lowest BCUT2D eigenvalue weighted by molar-refractivity contribution is 0.407. The SMILES string of the molecule is O[CH]c1ccccc1F. The summed E-state index contributed by atoms with van der Waals surface area (Å²) in [6, 6.07) is 6.02. The van der Waals surface area contributed by atoms with E-state index in [9.17, 15) is 4.39 Å². The third-order valence-corrected chi connectivity index (χ3v) is 1.04. The van der Waals surface area contributed by atoms with Gasteiger partial charge in [-0.1, -0.05) is 18.2 Å². The molecule has 0 amide bonds. The van der Waals surface area contributed by atoms with Crippen molar-refractivity contribution in [1.82, 2.24) is 0 Å². The lowest BCUT2D eigenvalue weighted by atomic mass is 10.2. The van der Waals surface area contributed by atoms with Crippen LogP contribution in [0.25, 0.3) is 0 Å². The fraction of sp³-hybridized carbons (Fsp3) is 0. The average molecular weight is 125 g/mol. The van der Waals surface area contributed by atoms with Gasteiger partial charge in [-0.05, 0) is 6.07 Å². The highest BCUT2D eigenvalue weighted by Crippen LogP contribution is 2.05. The van der Waals surface area contributed by atoms with E-state index < -0.39 is 5.82 Å². The zero-order valence-electron chi connectivity index (χ0n) is 4.71. The van der Waals surface area contributed by atoms with Crippen molar-refractivity contribution in [2.75, 3.05) is 0 Å². The number of hydrogen-bond acceptors (Lipinski definition) is 1. The zero-order chi connectivity index (χ0) is 6.69. The summed E-state index contributed by atoms with van der Waals surface area (Å²) in [5, 5.41) is 8.35. The number of halogens is 1. The molecule has 9 heavy (non-hydrogen) atoms. The van der Waals surface area contributed by atoms with Gasteiger partial charge in [0.15, 0.2) is 0 Å². The van der Waals surface area contributed by atoms with E-state index in [0.717, 1.165) is 6.61 Å². The average Bonchev–Trinajstić information content (AvgIpc) is 1.89. The molecule has 1 radical (unpaired) electrons. The molecular formula is C7H6FO. The van der Waals surface area contributed by atoms with Crippen LogP contribution in [0, 0.1) is 12.4 Å². The van der Waals surface area contributed by atoms with Gasteiger partial charge in [0.05, 0.1) is 0 Å². The maximum atomic E-state index is 12.4. The van der Waals surface area contributed by atoms with E-state index in [1.54, 1.807) is 12.1 Å². The molecule has 1 aromatic rings. The van der Waals surface area contributed by atoms with Crippen molar-refractivity contribution in [2.24, 2.45) is 0 Å². The van der Waals surface area contributed by atoms with Crippen LogP contribution in [-0.2, 0) is 0 Å². The predicted molar refractivity (Wildman–Crippen MR) is 31.7 cm³/mol. The summed E-state index contributed by atoms with van der Waals surface area (Å²) in [5.74, 6) is -0.403. The van der Waals surface area contributed by atoms with Crippen molar-refractivity contribution in [1.29, 1.82) is 0 Å². The van der Waals surface area contributed by atoms with Crippen molar-refractivity contribution in [3.63, 3.8) is 0 Å². The minimum atomic E-state index is -0.403. The van der Waals surface area contributed by atoms with Crippen LogP contribution in [0.15, 0.2) is 24.3 Å². The minimum Gasteiger partial charge on any atom is -0.385 e. The molecule has 1 aromatic carbocycles. The maximum absolute atomic E-state index is 12.4. The molecule has 0 aliphatic carbocycles. The molecule has 1 nitrogen and oxygen atoms in total. The number of aliphatic hydroxyl groups is 1. The van der Waals surface area contributed by atoms with Gasteiger partial charge in [-0.15, -0.1) is 0 Å². The normalized spacial score (nSPS) is 9.56. The molecule has 0 bridgehead atoms. The molecule has 47 valence electrons. The second-order valence-electron chi connectivity index (χ2n) is 1.65. The number of rotatable bonds is 1. The summed E-state index contributed by atoms with van der Waals surface area (Å²) in [7, 11) is 0. The van der Waals surface area contributed by atoms with Gasteiger partial charge >= 0.3 is 0 Å². The Labute approximate surface area is 52.8 Å². The lowest BCUT2D eigenvalue weighted by Gasteiger charge is -1.93. The van der Waals surface area contributed by atoms with Crippen molar-refractivity contribution < 1.29 is 9.50 Å². The van der Waals surface area contributed by atoms with Crippen LogP contribution >= 0.6 is 0 Å². The Bertz CT molecular complexity index is 198. The molecule has 0 fully saturated rings. The van der Waals surface area contributed by atoms with Gasteiger partial charge in [-0.25, -0.2) is 4.39 Å². The molecule has 0 aromatic heterocycles. The number of aliphatic hydroxyl groups excluding tert-OH is 1. The van der Waals surface area contributed by atoms with Gasteiger partial charge in [0.1, 0.15) is 12.4 Å². The van der Waals surface area contributed by atoms with Crippen LogP contribution in [0.1, 0.15) is 5.56 Å². The predicted octanol–water partition coefficient (Wildman–Crippen LogP) is 1.71. The second-order valence-corrected chi connectivity index (χ2v) is 1.65. The zero-order valence-corrected chi connectivity index (χ0v) is 4.71. The van der Waals surface area contributed by atoms with E-state index in [2.05, 4.69) is 0 Å². The van der Waals surface area contributed by atoms with Gasteiger partial charge in [-0.3, -0.25) is 0 Å². The van der Waals surface area contributed by atoms with Gasteiger partial charge in [0, 0.05) is 5.56 Å². The Hall–Kier alpha value is -0.890. The third-order valence-electron chi connectivity index (χ3n) is 1.04. The fourth-order valence-electron chi connectivity index (χ4n) is 0.580. The Balaban J connectivity index is 3.01. The monoisotopic (exact) mass is 125 g/mol. The topological polar surface area (TPSA) is 20.2 Å². The summed E-state index contributed by atoms with van der Waals surface area (Å²) < 4.78 is 12.4. The van der Waals surface area contributed by atoms with E-state index >= 15 is 0 Å². The smallest absolute Gasteiger partial charge is 0.129 e.